The predicted octanol–water partition coefficient (Wildman–Crippen LogP) is 4.10. The van der Waals surface area contributed by atoms with E-state index in [1.165, 1.54) is 0 Å². The van der Waals surface area contributed by atoms with E-state index in [2.05, 4.69) is 0 Å². The summed E-state index contributed by atoms with van der Waals surface area (Å²) in [6.45, 7) is 2.12. The van der Waals surface area contributed by atoms with Gasteiger partial charge < -0.3 is 9.47 Å². The van der Waals surface area contributed by atoms with Gasteiger partial charge in [0.15, 0.2) is 0 Å². The van der Waals surface area contributed by atoms with Crippen molar-refractivity contribution in [2.75, 3.05) is 13.1 Å². The predicted molar refractivity (Wildman–Crippen MR) is 122 cm³/mol. The molecule has 0 spiro atoms. The van der Waals surface area contributed by atoms with Gasteiger partial charge in [-0.3, -0.25) is 4.79 Å². The van der Waals surface area contributed by atoms with Crippen LogP contribution in [0, 0.1) is 0 Å². The summed E-state index contributed by atoms with van der Waals surface area (Å²) in [6, 6.07) is 14.3. The Hall–Kier alpha value is -2.42. The van der Waals surface area contributed by atoms with Crippen molar-refractivity contribution in [3.8, 4) is 0 Å². The summed E-state index contributed by atoms with van der Waals surface area (Å²) in [6.07, 6.45) is 4.82. The zero-order valence-corrected chi connectivity index (χ0v) is 19.2. The van der Waals surface area contributed by atoms with Gasteiger partial charge in [0.2, 0.25) is 10.0 Å². The average molecular weight is 458 g/mol. The molecular weight excluding hydrogens is 430 g/mol. The van der Waals surface area contributed by atoms with Crippen molar-refractivity contribution in [2.45, 2.75) is 37.2 Å². The van der Waals surface area contributed by atoms with E-state index < -0.39 is 10.0 Å². The molecule has 164 valence electrons. The number of sulfonamides is 1. The molecule has 1 aromatic carbocycles. The number of thiophene rings is 1. The third-order valence-corrected chi connectivity index (χ3v) is 8.45. The number of rotatable bonds is 7. The Morgan fingerprint density at radius 3 is 2.35 bits per heavy atom. The van der Waals surface area contributed by atoms with Crippen LogP contribution in [0.2, 0.25) is 0 Å². The van der Waals surface area contributed by atoms with Crippen molar-refractivity contribution in [1.82, 2.24) is 13.8 Å². The monoisotopic (exact) mass is 457 g/mol. The molecule has 1 aliphatic rings. The third kappa shape index (κ3) is 4.92. The number of hydrogen-bond acceptors (Lipinski definition) is 4. The molecule has 0 radical (unpaired) electrons. The first-order valence-corrected chi connectivity index (χ1v) is 12.8. The van der Waals surface area contributed by atoms with Crippen LogP contribution < -0.4 is 0 Å². The summed E-state index contributed by atoms with van der Waals surface area (Å²) < 4.78 is 29.3. The number of carbonyl (C=O) groups excluding carboxylic acids is 1. The Morgan fingerprint density at radius 1 is 1.00 bits per heavy atom. The van der Waals surface area contributed by atoms with Crippen LogP contribution in [0.5, 0.6) is 0 Å². The quantitative estimate of drug-likeness (QED) is 0.537. The second kappa shape index (κ2) is 9.38. The summed E-state index contributed by atoms with van der Waals surface area (Å²) in [5, 5.41) is 2.00. The second-order valence-electron chi connectivity index (χ2n) is 7.84. The first-order valence-electron chi connectivity index (χ1n) is 10.5. The fourth-order valence-corrected chi connectivity index (χ4v) is 6.09. The van der Waals surface area contributed by atoms with Gasteiger partial charge in [-0.25, -0.2) is 8.42 Å². The molecule has 1 amide bonds. The highest BCUT2D eigenvalue weighted by molar-refractivity contribution is 7.89. The van der Waals surface area contributed by atoms with Gasteiger partial charge >= 0.3 is 0 Å². The maximum atomic E-state index is 13.3. The molecule has 0 bridgehead atoms. The van der Waals surface area contributed by atoms with Crippen molar-refractivity contribution < 1.29 is 13.2 Å². The van der Waals surface area contributed by atoms with Crippen LogP contribution in [0.25, 0.3) is 0 Å². The van der Waals surface area contributed by atoms with Crippen molar-refractivity contribution in [1.29, 1.82) is 0 Å². The molecule has 1 fully saturated rings. The summed E-state index contributed by atoms with van der Waals surface area (Å²) >= 11 is 1.62. The third-order valence-electron chi connectivity index (χ3n) is 5.67. The second-order valence-corrected chi connectivity index (χ2v) is 10.8. The molecule has 3 aromatic rings. The zero-order valence-electron chi connectivity index (χ0n) is 17.6. The lowest BCUT2D eigenvalue weighted by Crippen LogP contribution is -2.35. The van der Waals surface area contributed by atoms with E-state index in [1.807, 2.05) is 47.5 Å². The van der Waals surface area contributed by atoms with Crippen LogP contribution >= 0.6 is 11.3 Å². The molecule has 3 heterocycles. The average Bonchev–Trinajstić information content (AvgIpc) is 3.45. The molecule has 0 atom stereocenters. The fraction of sp³-hybridized carbons (Fsp3) is 0.348. The number of amides is 1. The van der Waals surface area contributed by atoms with E-state index >= 15 is 0 Å². The zero-order chi connectivity index (χ0) is 21.8. The fourth-order valence-electron chi connectivity index (χ4n) is 3.85. The number of piperidine rings is 1. The van der Waals surface area contributed by atoms with E-state index in [4.69, 9.17) is 0 Å². The highest BCUT2D eigenvalue weighted by Gasteiger charge is 2.26. The molecule has 6 nitrogen and oxygen atoms in total. The molecule has 31 heavy (non-hydrogen) atoms. The van der Waals surface area contributed by atoms with E-state index in [9.17, 15) is 13.2 Å². The van der Waals surface area contributed by atoms with E-state index in [1.54, 1.807) is 44.8 Å². The highest BCUT2D eigenvalue weighted by atomic mass is 32.2. The van der Waals surface area contributed by atoms with Gasteiger partial charge in [-0.2, -0.15) is 4.31 Å². The van der Waals surface area contributed by atoms with Crippen molar-refractivity contribution in [2.24, 2.45) is 7.05 Å². The summed E-state index contributed by atoms with van der Waals surface area (Å²) in [5.41, 5.74) is 1.53. The first-order chi connectivity index (χ1) is 14.9. The van der Waals surface area contributed by atoms with Crippen LogP contribution in [0.4, 0.5) is 0 Å². The van der Waals surface area contributed by atoms with E-state index in [0.29, 0.717) is 31.7 Å². The minimum absolute atomic E-state index is 0.114. The number of aromatic nitrogens is 1. The topological polar surface area (TPSA) is 62.6 Å². The molecule has 8 heteroatoms. The minimum Gasteiger partial charge on any atom is -0.353 e. The number of nitrogens with zero attached hydrogens (tertiary/aromatic N) is 3. The van der Waals surface area contributed by atoms with Crippen LogP contribution in [-0.2, 0) is 30.2 Å². The number of benzene rings is 1. The Labute approximate surface area is 187 Å². The van der Waals surface area contributed by atoms with E-state index in [0.717, 1.165) is 29.8 Å². The Bertz CT molecular complexity index is 1110. The van der Waals surface area contributed by atoms with Gasteiger partial charge in [0.25, 0.3) is 5.91 Å². The Morgan fingerprint density at radius 2 is 1.74 bits per heavy atom. The van der Waals surface area contributed by atoms with Gasteiger partial charge in [-0.05, 0) is 60.7 Å². The normalized spacial score (nSPS) is 15.1. The minimum atomic E-state index is -3.51. The maximum absolute atomic E-state index is 13.3. The van der Waals surface area contributed by atoms with Crippen LogP contribution in [0.1, 0.15) is 40.2 Å². The van der Waals surface area contributed by atoms with Crippen molar-refractivity contribution in [3.05, 3.63) is 76.2 Å². The molecule has 0 aliphatic carbocycles. The first kappa shape index (κ1) is 21.8. The smallest absolute Gasteiger partial charge is 0.254 e. The number of aryl methyl sites for hydroxylation is 1. The Kier molecular flexibility index (Phi) is 6.60. The summed E-state index contributed by atoms with van der Waals surface area (Å²) in [5.74, 6) is -0.114. The Balaban J connectivity index is 1.55. The molecule has 1 aliphatic heterocycles. The molecular formula is C23H27N3O3S2. The molecule has 1 saturated heterocycles. The molecule has 0 N–H and O–H groups in total. The molecule has 0 unspecified atom stereocenters. The van der Waals surface area contributed by atoms with Gasteiger partial charge in [0, 0.05) is 42.5 Å². The lowest BCUT2D eigenvalue weighted by molar-refractivity contribution is 0.0728. The lowest BCUT2D eigenvalue weighted by Gasteiger charge is -2.26. The SMILES string of the molecule is Cn1cccc1CN(Cc1cccs1)C(=O)c1ccc(S(=O)(=O)N2CCCCC2)cc1. The van der Waals surface area contributed by atoms with Crippen LogP contribution in [0.15, 0.2) is 65.0 Å². The van der Waals surface area contributed by atoms with Crippen molar-refractivity contribution in [3.63, 3.8) is 0 Å². The van der Waals surface area contributed by atoms with Crippen molar-refractivity contribution >= 4 is 27.3 Å². The maximum Gasteiger partial charge on any atom is 0.254 e. The standard InChI is InChI=1S/C23H27N3O3S2/c1-24-13-5-7-20(24)17-25(18-21-8-6-16-30-21)23(27)19-9-11-22(12-10-19)31(28,29)26-14-3-2-4-15-26/h5-13,16H,2-4,14-15,17-18H2,1H3. The van der Waals surface area contributed by atoms with Gasteiger partial charge in [-0.1, -0.05) is 12.5 Å². The lowest BCUT2D eigenvalue weighted by atomic mass is 10.2. The summed E-state index contributed by atoms with van der Waals surface area (Å²) in [7, 11) is -1.54. The molecule has 0 saturated carbocycles. The highest BCUT2D eigenvalue weighted by Crippen LogP contribution is 2.22. The van der Waals surface area contributed by atoms with Crippen LogP contribution in [-0.4, -0.2) is 41.2 Å². The molecule has 2 aromatic heterocycles. The van der Waals surface area contributed by atoms with Gasteiger partial charge in [0.1, 0.15) is 0 Å². The van der Waals surface area contributed by atoms with Gasteiger partial charge in [0.05, 0.1) is 18.0 Å². The number of carbonyl (C=O) groups is 1. The van der Waals surface area contributed by atoms with Gasteiger partial charge in [-0.15, -0.1) is 11.3 Å². The summed E-state index contributed by atoms with van der Waals surface area (Å²) in [4.78, 5) is 16.5. The molecule has 4 rings (SSSR count). The number of hydrogen-bond donors (Lipinski definition) is 0. The largest absolute Gasteiger partial charge is 0.353 e. The van der Waals surface area contributed by atoms with Crippen LogP contribution in [0.3, 0.4) is 0 Å². The van der Waals surface area contributed by atoms with E-state index in [-0.39, 0.29) is 10.8 Å².